The van der Waals surface area contributed by atoms with Gasteiger partial charge < -0.3 is 11.5 Å². The Morgan fingerprint density at radius 1 is 1.77 bits per heavy atom. The lowest BCUT2D eigenvalue weighted by Crippen LogP contribution is -2.38. The number of halogens is 1. The molecule has 1 aromatic rings. The van der Waals surface area contributed by atoms with Gasteiger partial charge in [0.15, 0.2) is 4.60 Å². The van der Waals surface area contributed by atoms with E-state index < -0.39 is 11.9 Å². The van der Waals surface area contributed by atoms with Crippen LogP contribution in [0.5, 0.6) is 0 Å². The number of hydrogen-bond acceptors (Lipinski definition) is 4. The van der Waals surface area contributed by atoms with E-state index in [1.807, 2.05) is 0 Å². The van der Waals surface area contributed by atoms with E-state index in [0.717, 1.165) is 5.69 Å². The first-order valence-corrected chi connectivity index (χ1v) is 4.40. The van der Waals surface area contributed by atoms with Crippen LogP contribution in [0.3, 0.4) is 0 Å². The largest absolute Gasteiger partial charge is 0.368 e. The van der Waals surface area contributed by atoms with Crippen LogP contribution in [0.4, 0.5) is 0 Å². The molecule has 72 valence electrons. The monoisotopic (exact) mass is 247 g/mol. The van der Waals surface area contributed by atoms with Crippen molar-refractivity contribution in [1.82, 2.24) is 15.0 Å². The molecule has 1 aromatic heterocycles. The van der Waals surface area contributed by atoms with Gasteiger partial charge in [0.05, 0.1) is 11.7 Å². The van der Waals surface area contributed by atoms with Crippen LogP contribution >= 0.6 is 15.9 Å². The summed E-state index contributed by atoms with van der Waals surface area (Å²) in [4.78, 5) is 10.7. The molecule has 0 bridgehead atoms. The number of nitrogens with two attached hydrogens (primary N) is 2. The summed E-state index contributed by atoms with van der Waals surface area (Å²) >= 11 is 3.19. The first-order chi connectivity index (χ1) is 6.02. The molecule has 0 saturated heterocycles. The molecule has 1 amide bonds. The highest BCUT2D eigenvalue weighted by Gasteiger charge is 2.15. The Balaban J connectivity index is 2.79. The Morgan fingerprint density at radius 3 is 2.77 bits per heavy atom. The van der Waals surface area contributed by atoms with E-state index in [0.29, 0.717) is 11.0 Å². The molecular formula is C6H10BrN5O. The smallest absolute Gasteiger partial charge is 0.234 e. The zero-order valence-corrected chi connectivity index (χ0v) is 8.65. The molecule has 6 nitrogen and oxygen atoms in total. The molecule has 0 aliphatic rings. The van der Waals surface area contributed by atoms with Crippen molar-refractivity contribution in [2.45, 2.75) is 12.5 Å². The van der Waals surface area contributed by atoms with Gasteiger partial charge in [0.2, 0.25) is 5.91 Å². The van der Waals surface area contributed by atoms with Gasteiger partial charge in [0, 0.05) is 13.5 Å². The fourth-order valence-electron chi connectivity index (χ4n) is 0.877. The third-order valence-electron chi connectivity index (χ3n) is 1.67. The zero-order valence-electron chi connectivity index (χ0n) is 7.07. The molecule has 0 aliphatic carbocycles. The third-order valence-corrected chi connectivity index (χ3v) is 2.29. The van der Waals surface area contributed by atoms with Crippen molar-refractivity contribution in [3.63, 3.8) is 0 Å². The van der Waals surface area contributed by atoms with E-state index in [9.17, 15) is 4.79 Å². The van der Waals surface area contributed by atoms with Gasteiger partial charge in [-0.1, -0.05) is 5.21 Å². The summed E-state index contributed by atoms with van der Waals surface area (Å²) in [7, 11) is 1.72. The van der Waals surface area contributed by atoms with E-state index in [1.165, 1.54) is 0 Å². The number of carbonyl (C=O) groups is 1. The molecule has 1 unspecified atom stereocenters. The number of carbonyl (C=O) groups excluding carboxylic acids is 1. The standard InChI is InChI=1S/C6H10BrN5O/c1-12-4(5(7)10-11-12)2-3(8)6(9)13/h3H,2,8H2,1H3,(H2,9,13). The lowest BCUT2D eigenvalue weighted by atomic mass is 10.2. The summed E-state index contributed by atoms with van der Waals surface area (Å²) < 4.78 is 2.14. The average Bonchev–Trinajstić information content (AvgIpc) is 2.35. The predicted molar refractivity (Wildman–Crippen MR) is 49.6 cm³/mol. The van der Waals surface area contributed by atoms with Crippen molar-refractivity contribution in [2.24, 2.45) is 18.5 Å². The summed E-state index contributed by atoms with van der Waals surface area (Å²) in [5, 5.41) is 7.49. The van der Waals surface area contributed by atoms with Gasteiger partial charge in [-0.15, -0.1) is 5.10 Å². The topological polar surface area (TPSA) is 99.8 Å². The lowest BCUT2D eigenvalue weighted by Gasteiger charge is -2.06. The van der Waals surface area contributed by atoms with Gasteiger partial charge in [0.25, 0.3) is 0 Å². The first-order valence-electron chi connectivity index (χ1n) is 3.61. The van der Waals surface area contributed by atoms with Crippen LogP contribution in [-0.2, 0) is 18.3 Å². The zero-order chi connectivity index (χ0) is 10.0. The fourth-order valence-corrected chi connectivity index (χ4v) is 1.37. The van der Waals surface area contributed by atoms with Crippen LogP contribution in [0.25, 0.3) is 0 Å². The van der Waals surface area contributed by atoms with Crippen molar-refractivity contribution < 1.29 is 4.79 Å². The van der Waals surface area contributed by atoms with Gasteiger partial charge >= 0.3 is 0 Å². The number of hydrogen-bond donors (Lipinski definition) is 2. The van der Waals surface area contributed by atoms with Crippen LogP contribution in [0.1, 0.15) is 5.69 Å². The highest BCUT2D eigenvalue weighted by Crippen LogP contribution is 2.12. The van der Waals surface area contributed by atoms with E-state index in [1.54, 1.807) is 11.7 Å². The number of aryl methyl sites for hydroxylation is 1. The number of rotatable bonds is 3. The second kappa shape index (κ2) is 3.84. The molecule has 1 rings (SSSR count). The Labute approximate surface area is 83.4 Å². The Hall–Kier alpha value is -0.950. The Bertz CT molecular complexity index is 303. The van der Waals surface area contributed by atoms with Gasteiger partial charge in [-0.3, -0.25) is 9.48 Å². The van der Waals surface area contributed by atoms with Crippen LogP contribution in [0, 0.1) is 0 Å². The third kappa shape index (κ3) is 2.25. The molecule has 7 heteroatoms. The highest BCUT2D eigenvalue weighted by molar-refractivity contribution is 9.10. The SMILES string of the molecule is Cn1nnc(Br)c1CC(N)C(N)=O. The Kier molecular flexibility index (Phi) is 2.99. The number of aromatic nitrogens is 3. The lowest BCUT2D eigenvalue weighted by molar-refractivity contribution is -0.119. The van der Waals surface area contributed by atoms with Crippen molar-refractivity contribution >= 4 is 21.8 Å². The van der Waals surface area contributed by atoms with Crippen LogP contribution in [0.15, 0.2) is 4.60 Å². The van der Waals surface area contributed by atoms with Gasteiger partial charge in [0.1, 0.15) is 0 Å². The number of primary amides is 1. The summed E-state index contributed by atoms with van der Waals surface area (Å²) in [5.74, 6) is -0.534. The van der Waals surface area contributed by atoms with Crippen LogP contribution in [0.2, 0.25) is 0 Å². The van der Waals surface area contributed by atoms with Gasteiger partial charge in [-0.05, 0) is 15.9 Å². The van der Waals surface area contributed by atoms with Crippen LogP contribution < -0.4 is 11.5 Å². The maximum atomic E-state index is 10.7. The van der Waals surface area contributed by atoms with Crippen molar-refractivity contribution in [3.8, 4) is 0 Å². The van der Waals surface area contributed by atoms with Crippen LogP contribution in [-0.4, -0.2) is 26.9 Å². The fraction of sp³-hybridized carbons (Fsp3) is 0.500. The second-order valence-electron chi connectivity index (χ2n) is 2.66. The minimum atomic E-state index is -0.700. The molecular weight excluding hydrogens is 238 g/mol. The van der Waals surface area contributed by atoms with Crippen molar-refractivity contribution in [2.75, 3.05) is 0 Å². The summed E-state index contributed by atoms with van der Waals surface area (Å²) in [6, 6.07) is -0.700. The maximum Gasteiger partial charge on any atom is 0.234 e. The molecule has 0 spiro atoms. The van der Waals surface area contributed by atoms with E-state index in [4.69, 9.17) is 11.5 Å². The molecule has 0 aliphatic heterocycles. The molecule has 13 heavy (non-hydrogen) atoms. The molecule has 0 saturated carbocycles. The summed E-state index contributed by atoms with van der Waals surface area (Å²) in [5.41, 5.74) is 11.3. The van der Waals surface area contributed by atoms with E-state index in [-0.39, 0.29) is 0 Å². The summed E-state index contributed by atoms with van der Waals surface area (Å²) in [6.07, 6.45) is 0.333. The highest BCUT2D eigenvalue weighted by atomic mass is 79.9. The van der Waals surface area contributed by atoms with E-state index in [2.05, 4.69) is 26.2 Å². The van der Waals surface area contributed by atoms with Gasteiger partial charge in [-0.25, -0.2) is 0 Å². The molecule has 0 radical (unpaired) electrons. The number of nitrogens with zero attached hydrogens (tertiary/aromatic N) is 3. The molecule has 1 heterocycles. The first kappa shape index (κ1) is 10.1. The minimum absolute atomic E-state index is 0.333. The normalized spacial score (nSPS) is 12.8. The molecule has 0 fully saturated rings. The quantitative estimate of drug-likeness (QED) is 0.711. The average molecular weight is 248 g/mol. The Morgan fingerprint density at radius 2 is 2.38 bits per heavy atom. The molecule has 0 aromatic carbocycles. The van der Waals surface area contributed by atoms with Gasteiger partial charge in [-0.2, -0.15) is 0 Å². The maximum absolute atomic E-state index is 10.7. The van der Waals surface area contributed by atoms with Crippen molar-refractivity contribution in [3.05, 3.63) is 10.3 Å². The molecule has 4 N–H and O–H groups in total. The number of amides is 1. The second-order valence-corrected chi connectivity index (χ2v) is 3.41. The van der Waals surface area contributed by atoms with E-state index >= 15 is 0 Å². The summed E-state index contributed by atoms with van der Waals surface area (Å²) in [6.45, 7) is 0. The minimum Gasteiger partial charge on any atom is -0.368 e. The van der Waals surface area contributed by atoms with Crippen molar-refractivity contribution in [1.29, 1.82) is 0 Å². The predicted octanol–water partition coefficient (Wildman–Crippen LogP) is -1.07. The molecule has 1 atom stereocenters.